The van der Waals surface area contributed by atoms with Gasteiger partial charge in [0, 0.05) is 24.7 Å². The summed E-state index contributed by atoms with van der Waals surface area (Å²) in [6, 6.07) is 8.40. The van der Waals surface area contributed by atoms with Gasteiger partial charge >= 0.3 is 0 Å². The van der Waals surface area contributed by atoms with Crippen LogP contribution in [0, 0.1) is 0 Å². The van der Waals surface area contributed by atoms with Gasteiger partial charge in [0.15, 0.2) is 0 Å². The normalized spacial score (nSPS) is 11.0. The van der Waals surface area contributed by atoms with Crippen molar-refractivity contribution in [2.75, 3.05) is 11.9 Å². The lowest BCUT2D eigenvalue weighted by atomic mass is 10.0. The summed E-state index contributed by atoms with van der Waals surface area (Å²) in [6.45, 7) is 9.13. The zero-order chi connectivity index (χ0) is 13.5. The minimum atomic E-state index is 0.0660. The van der Waals surface area contributed by atoms with E-state index in [1.807, 2.05) is 18.2 Å². The van der Waals surface area contributed by atoms with Gasteiger partial charge in [0.05, 0.1) is 0 Å². The fourth-order valence-electron chi connectivity index (χ4n) is 1.80. The highest BCUT2D eigenvalue weighted by Gasteiger charge is 2.08. The van der Waals surface area contributed by atoms with E-state index in [1.165, 1.54) is 5.56 Å². The summed E-state index contributed by atoms with van der Waals surface area (Å²) in [7, 11) is 0. The Morgan fingerprint density at radius 1 is 1.17 bits per heavy atom. The maximum absolute atomic E-state index is 11.8. The number of amides is 1. The summed E-state index contributed by atoms with van der Waals surface area (Å²) in [5.41, 5.74) is 2.12. The summed E-state index contributed by atoms with van der Waals surface area (Å²) >= 11 is 0. The van der Waals surface area contributed by atoms with Crippen LogP contribution < -0.4 is 10.6 Å². The van der Waals surface area contributed by atoms with Crippen LogP contribution in [0.2, 0.25) is 0 Å². The molecule has 18 heavy (non-hydrogen) atoms. The quantitative estimate of drug-likeness (QED) is 0.812. The Balaban J connectivity index is 2.54. The molecule has 1 rings (SSSR count). The number of rotatable bonds is 6. The number of carbonyl (C=O) groups excluding carboxylic acids is 1. The molecular weight excluding hydrogens is 224 g/mol. The van der Waals surface area contributed by atoms with Gasteiger partial charge in [0.2, 0.25) is 5.91 Å². The molecule has 1 amide bonds. The zero-order valence-corrected chi connectivity index (χ0v) is 11.8. The minimum absolute atomic E-state index is 0.0660. The van der Waals surface area contributed by atoms with Crippen molar-refractivity contribution in [2.24, 2.45) is 0 Å². The maximum Gasteiger partial charge on any atom is 0.225 e. The average Bonchev–Trinajstić information content (AvgIpc) is 2.28. The first-order valence-corrected chi connectivity index (χ1v) is 6.63. The van der Waals surface area contributed by atoms with E-state index in [0.717, 1.165) is 5.69 Å². The van der Waals surface area contributed by atoms with E-state index >= 15 is 0 Å². The molecule has 3 nitrogen and oxygen atoms in total. The molecule has 1 aromatic rings. The van der Waals surface area contributed by atoms with Gasteiger partial charge in [-0.1, -0.05) is 45.9 Å². The number of nitrogens with one attached hydrogen (secondary N) is 2. The second-order valence-electron chi connectivity index (χ2n) is 5.15. The van der Waals surface area contributed by atoms with Crippen LogP contribution in [-0.4, -0.2) is 18.5 Å². The van der Waals surface area contributed by atoms with Crippen LogP contribution in [0.3, 0.4) is 0 Å². The Bertz CT molecular complexity index is 386. The first kappa shape index (κ1) is 14.7. The molecule has 100 valence electrons. The van der Waals surface area contributed by atoms with Crippen LogP contribution in [0.25, 0.3) is 0 Å². The van der Waals surface area contributed by atoms with E-state index in [9.17, 15) is 4.79 Å². The predicted molar refractivity (Wildman–Crippen MR) is 76.9 cm³/mol. The lowest BCUT2D eigenvalue weighted by molar-refractivity contribution is -0.116. The molecule has 0 spiro atoms. The monoisotopic (exact) mass is 248 g/mol. The molecule has 0 saturated heterocycles. The molecule has 0 atom stereocenters. The summed E-state index contributed by atoms with van der Waals surface area (Å²) in [5.74, 6) is 0.478. The molecule has 0 aliphatic heterocycles. The number of hydrogen-bond acceptors (Lipinski definition) is 2. The van der Waals surface area contributed by atoms with Crippen LogP contribution in [0.5, 0.6) is 0 Å². The first-order valence-electron chi connectivity index (χ1n) is 6.63. The van der Waals surface area contributed by atoms with Crippen molar-refractivity contribution in [1.82, 2.24) is 5.32 Å². The van der Waals surface area contributed by atoms with Gasteiger partial charge in [-0.05, 0) is 17.5 Å². The summed E-state index contributed by atoms with van der Waals surface area (Å²) < 4.78 is 0. The van der Waals surface area contributed by atoms with Gasteiger partial charge in [-0.3, -0.25) is 4.79 Å². The van der Waals surface area contributed by atoms with Crippen molar-refractivity contribution >= 4 is 11.6 Å². The average molecular weight is 248 g/mol. The number of benzene rings is 1. The van der Waals surface area contributed by atoms with Crippen molar-refractivity contribution in [3.05, 3.63) is 29.8 Å². The highest BCUT2D eigenvalue weighted by Crippen LogP contribution is 2.23. The lowest BCUT2D eigenvalue weighted by Crippen LogP contribution is -2.27. The van der Waals surface area contributed by atoms with E-state index in [2.05, 4.69) is 44.4 Å². The molecule has 0 saturated carbocycles. The molecule has 0 aliphatic carbocycles. The molecule has 0 unspecified atom stereocenters. The third-order valence-corrected chi connectivity index (χ3v) is 2.76. The number of hydrogen-bond donors (Lipinski definition) is 2. The topological polar surface area (TPSA) is 41.1 Å². The summed E-state index contributed by atoms with van der Waals surface area (Å²) in [4.78, 5) is 11.8. The number of carbonyl (C=O) groups is 1. The van der Waals surface area contributed by atoms with Crippen LogP contribution in [0.1, 0.15) is 45.6 Å². The first-order chi connectivity index (χ1) is 8.50. The Kier molecular flexibility index (Phi) is 5.86. The van der Waals surface area contributed by atoms with Crippen LogP contribution in [0.4, 0.5) is 5.69 Å². The standard InChI is InChI=1S/C15H24N2O/c1-11(2)13-7-5-6-8-14(13)17-15(18)9-10-16-12(3)4/h5-8,11-12,16H,9-10H2,1-4H3,(H,17,18). The molecule has 3 heteroatoms. The summed E-state index contributed by atoms with van der Waals surface area (Å²) in [5, 5.41) is 6.23. The van der Waals surface area contributed by atoms with E-state index in [-0.39, 0.29) is 5.91 Å². The van der Waals surface area contributed by atoms with Crippen molar-refractivity contribution in [2.45, 2.75) is 46.1 Å². The van der Waals surface area contributed by atoms with Crippen LogP contribution in [0.15, 0.2) is 24.3 Å². The van der Waals surface area contributed by atoms with Gasteiger partial charge < -0.3 is 10.6 Å². The lowest BCUT2D eigenvalue weighted by Gasteiger charge is -2.14. The smallest absolute Gasteiger partial charge is 0.225 e. The van der Waals surface area contributed by atoms with Gasteiger partial charge in [0.1, 0.15) is 0 Å². The fourth-order valence-corrected chi connectivity index (χ4v) is 1.80. The summed E-state index contributed by atoms with van der Waals surface area (Å²) in [6.07, 6.45) is 0.505. The number of para-hydroxylation sites is 1. The Labute approximate surface area is 110 Å². The highest BCUT2D eigenvalue weighted by molar-refractivity contribution is 5.91. The molecule has 0 heterocycles. The molecule has 0 aromatic heterocycles. The van der Waals surface area contributed by atoms with E-state index < -0.39 is 0 Å². The minimum Gasteiger partial charge on any atom is -0.326 e. The van der Waals surface area contributed by atoms with Crippen molar-refractivity contribution in [3.8, 4) is 0 Å². The number of anilines is 1. The van der Waals surface area contributed by atoms with E-state index in [4.69, 9.17) is 0 Å². The largest absolute Gasteiger partial charge is 0.326 e. The Morgan fingerprint density at radius 3 is 2.44 bits per heavy atom. The molecule has 0 fully saturated rings. The maximum atomic E-state index is 11.8. The predicted octanol–water partition coefficient (Wildman–Crippen LogP) is 3.14. The van der Waals surface area contributed by atoms with Crippen LogP contribution >= 0.6 is 0 Å². The van der Waals surface area contributed by atoms with E-state index in [0.29, 0.717) is 24.9 Å². The van der Waals surface area contributed by atoms with Crippen molar-refractivity contribution < 1.29 is 4.79 Å². The highest BCUT2D eigenvalue weighted by atomic mass is 16.1. The molecule has 1 aromatic carbocycles. The SMILES string of the molecule is CC(C)NCCC(=O)Nc1ccccc1C(C)C. The van der Waals surface area contributed by atoms with Gasteiger partial charge in [-0.25, -0.2) is 0 Å². The van der Waals surface area contributed by atoms with Gasteiger partial charge in [-0.2, -0.15) is 0 Å². The van der Waals surface area contributed by atoms with Crippen molar-refractivity contribution in [1.29, 1.82) is 0 Å². The van der Waals surface area contributed by atoms with E-state index in [1.54, 1.807) is 0 Å². The molecule has 2 N–H and O–H groups in total. The second-order valence-corrected chi connectivity index (χ2v) is 5.15. The van der Waals surface area contributed by atoms with Gasteiger partial charge in [0.25, 0.3) is 0 Å². The third kappa shape index (κ3) is 4.88. The molecule has 0 bridgehead atoms. The Morgan fingerprint density at radius 2 is 1.83 bits per heavy atom. The second kappa shape index (κ2) is 7.17. The van der Waals surface area contributed by atoms with Crippen molar-refractivity contribution in [3.63, 3.8) is 0 Å². The van der Waals surface area contributed by atoms with Gasteiger partial charge in [-0.15, -0.1) is 0 Å². The molecule has 0 aliphatic rings. The molecule has 0 radical (unpaired) electrons. The fraction of sp³-hybridized carbons (Fsp3) is 0.533. The zero-order valence-electron chi connectivity index (χ0n) is 11.8. The third-order valence-electron chi connectivity index (χ3n) is 2.76. The Hall–Kier alpha value is -1.35. The molecular formula is C15H24N2O. The van der Waals surface area contributed by atoms with Crippen LogP contribution in [-0.2, 0) is 4.79 Å².